The van der Waals surface area contributed by atoms with Crippen LogP contribution in [0.4, 0.5) is 0 Å². The average Bonchev–Trinajstić information content (AvgIpc) is 3.53. The van der Waals surface area contributed by atoms with Crippen molar-refractivity contribution < 1.29 is 4.79 Å². The number of carbonyl (C=O) groups excluding carboxylic acids is 1. The van der Waals surface area contributed by atoms with E-state index in [2.05, 4.69) is 33.3 Å². The molecule has 2 aromatic heterocycles. The zero-order chi connectivity index (χ0) is 22.1. The maximum absolute atomic E-state index is 13.7. The predicted octanol–water partition coefficient (Wildman–Crippen LogP) is 5.68. The molecule has 4 aromatic rings. The number of hydrogen-bond acceptors (Lipinski definition) is 3. The van der Waals surface area contributed by atoms with Gasteiger partial charge in [-0.2, -0.15) is 0 Å². The highest BCUT2D eigenvalue weighted by molar-refractivity contribution is 6.30. The summed E-state index contributed by atoms with van der Waals surface area (Å²) >= 11 is 6.22. The Hall–Kier alpha value is -3.18. The minimum Gasteiger partial charge on any atom is -0.361 e. The molecule has 1 fully saturated rings. The van der Waals surface area contributed by atoms with E-state index in [0.717, 1.165) is 24.0 Å². The molecule has 32 heavy (non-hydrogen) atoms. The van der Waals surface area contributed by atoms with Crippen molar-refractivity contribution in [2.45, 2.75) is 26.2 Å². The lowest BCUT2D eigenvalue weighted by atomic mass is 10.1. The van der Waals surface area contributed by atoms with Crippen molar-refractivity contribution in [1.82, 2.24) is 19.9 Å². The van der Waals surface area contributed by atoms with E-state index in [1.807, 2.05) is 48.2 Å². The molecule has 162 valence electrons. The largest absolute Gasteiger partial charge is 0.361 e. The van der Waals surface area contributed by atoms with Gasteiger partial charge in [-0.05, 0) is 55.9 Å². The number of aromatic nitrogens is 3. The first-order valence-electron chi connectivity index (χ1n) is 11.0. The normalized spacial score (nSPS) is 13.4. The van der Waals surface area contributed by atoms with Crippen LogP contribution in [0.15, 0.2) is 60.9 Å². The first-order valence-corrected chi connectivity index (χ1v) is 11.4. The van der Waals surface area contributed by atoms with E-state index < -0.39 is 0 Å². The highest BCUT2D eigenvalue weighted by Gasteiger charge is 2.29. The summed E-state index contributed by atoms with van der Waals surface area (Å²) in [6.07, 6.45) is 6.87. The van der Waals surface area contributed by atoms with Crippen LogP contribution in [-0.4, -0.2) is 38.8 Å². The van der Waals surface area contributed by atoms with E-state index in [1.165, 1.54) is 23.8 Å². The number of H-pyrrole nitrogens is 1. The second-order valence-corrected chi connectivity index (χ2v) is 8.93. The zero-order valence-electron chi connectivity index (χ0n) is 18.0. The van der Waals surface area contributed by atoms with E-state index in [-0.39, 0.29) is 5.91 Å². The van der Waals surface area contributed by atoms with Crippen LogP contribution in [-0.2, 0) is 6.42 Å². The van der Waals surface area contributed by atoms with Crippen LogP contribution in [0, 0.1) is 12.8 Å². The molecule has 2 aromatic carbocycles. The van der Waals surface area contributed by atoms with Crippen LogP contribution in [0.3, 0.4) is 0 Å². The molecular formula is C26H25ClN4O. The van der Waals surface area contributed by atoms with Gasteiger partial charge in [-0.15, -0.1) is 0 Å². The van der Waals surface area contributed by atoms with E-state index in [9.17, 15) is 4.79 Å². The second kappa shape index (κ2) is 8.75. The number of aromatic amines is 1. The second-order valence-electron chi connectivity index (χ2n) is 8.49. The number of halogens is 1. The standard InChI is InChI=1S/C26H25ClN4O/c1-17-28-15-23(25(30-17)19-5-4-6-21(27)13-19)26(32)31(16-18-9-10-18)12-11-20-14-29-24-8-3-2-7-22(20)24/h2-8,13-15,18,29H,9-12,16H2,1H3. The number of nitrogens with one attached hydrogen (secondary N) is 1. The number of fused-ring (bicyclic) bond motifs is 1. The fraction of sp³-hybridized carbons (Fsp3) is 0.269. The molecule has 1 saturated carbocycles. The summed E-state index contributed by atoms with van der Waals surface area (Å²) in [6.45, 7) is 3.26. The summed E-state index contributed by atoms with van der Waals surface area (Å²) in [5, 5.41) is 1.83. The van der Waals surface area contributed by atoms with Gasteiger partial charge in [0.1, 0.15) is 5.82 Å². The van der Waals surface area contributed by atoms with Crippen molar-refractivity contribution in [2.24, 2.45) is 5.92 Å². The van der Waals surface area contributed by atoms with Crippen molar-refractivity contribution in [3.8, 4) is 11.3 Å². The number of carbonyl (C=O) groups is 1. The smallest absolute Gasteiger partial charge is 0.257 e. The molecule has 0 atom stereocenters. The van der Waals surface area contributed by atoms with Crippen molar-refractivity contribution in [3.05, 3.63) is 82.9 Å². The van der Waals surface area contributed by atoms with Gasteiger partial charge in [0.05, 0.1) is 11.3 Å². The summed E-state index contributed by atoms with van der Waals surface area (Å²) < 4.78 is 0. The monoisotopic (exact) mass is 444 g/mol. The van der Waals surface area contributed by atoms with Crippen molar-refractivity contribution in [3.63, 3.8) is 0 Å². The predicted molar refractivity (Wildman–Crippen MR) is 128 cm³/mol. The molecule has 2 heterocycles. The molecule has 0 unspecified atom stereocenters. The molecule has 0 aliphatic heterocycles. The quantitative estimate of drug-likeness (QED) is 0.398. The van der Waals surface area contributed by atoms with E-state index in [1.54, 1.807) is 6.20 Å². The Kier molecular flexibility index (Phi) is 5.66. The first kappa shape index (κ1) is 20.7. The van der Waals surface area contributed by atoms with Gasteiger partial charge in [0.2, 0.25) is 0 Å². The lowest BCUT2D eigenvalue weighted by molar-refractivity contribution is 0.0749. The third kappa shape index (κ3) is 4.39. The maximum Gasteiger partial charge on any atom is 0.257 e. The summed E-state index contributed by atoms with van der Waals surface area (Å²) in [4.78, 5) is 28.0. The molecular weight excluding hydrogens is 420 g/mol. The number of para-hydroxylation sites is 1. The Balaban J connectivity index is 1.44. The zero-order valence-corrected chi connectivity index (χ0v) is 18.8. The fourth-order valence-corrected chi connectivity index (χ4v) is 4.32. The molecule has 1 aliphatic rings. The molecule has 0 bridgehead atoms. The van der Waals surface area contributed by atoms with Gasteiger partial charge in [-0.3, -0.25) is 4.79 Å². The molecule has 0 radical (unpaired) electrons. The highest BCUT2D eigenvalue weighted by Crippen LogP contribution is 2.31. The van der Waals surface area contributed by atoms with Crippen molar-refractivity contribution in [1.29, 1.82) is 0 Å². The van der Waals surface area contributed by atoms with Gasteiger partial charge in [0, 0.05) is 47.0 Å². The van der Waals surface area contributed by atoms with Crippen LogP contribution in [0.1, 0.15) is 34.6 Å². The number of hydrogen-bond donors (Lipinski definition) is 1. The average molecular weight is 445 g/mol. The number of benzene rings is 2. The van der Waals surface area contributed by atoms with Gasteiger partial charge in [-0.25, -0.2) is 9.97 Å². The van der Waals surface area contributed by atoms with Crippen molar-refractivity contribution >= 4 is 28.4 Å². The van der Waals surface area contributed by atoms with Gasteiger partial charge < -0.3 is 9.88 Å². The number of amides is 1. The Morgan fingerprint density at radius 2 is 2.03 bits per heavy atom. The molecule has 1 N–H and O–H groups in total. The third-order valence-electron chi connectivity index (χ3n) is 6.03. The number of rotatable bonds is 7. The van der Waals surface area contributed by atoms with Crippen molar-refractivity contribution in [2.75, 3.05) is 13.1 Å². The van der Waals surface area contributed by atoms with Crippen LogP contribution in [0.5, 0.6) is 0 Å². The molecule has 5 rings (SSSR count). The first-order chi connectivity index (χ1) is 15.6. The third-order valence-corrected chi connectivity index (χ3v) is 6.26. The van der Waals surface area contributed by atoms with Crippen LogP contribution in [0.25, 0.3) is 22.2 Å². The Bertz CT molecular complexity index is 1280. The van der Waals surface area contributed by atoms with E-state index in [4.69, 9.17) is 11.6 Å². The van der Waals surface area contributed by atoms with Crippen LogP contribution >= 0.6 is 11.6 Å². The SMILES string of the molecule is Cc1ncc(C(=O)N(CCc2c[nH]c3ccccc23)CC2CC2)c(-c2cccc(Cl)c2)n1. The van der Waals surface area contributed by atoms with Gasteiger partial charge in [0.25, 0.3) is 5.91 Å². The Morgan fingerprint density at radius 1 is 1.19 bits per heavy atom. The van der Waals surface area contributed by atoms with Gasteiger partial charge >= 0.3 is 0 Å². The Morgan fingerprint density at radius 3 is 2.84 bits per heavy atom. The van der Waals surface area contributed by atoms with Gasteiger partial charge in [0.15, 0.2) is 0 Å². The maximum atomic E-state index is 13.7. The highest BCUT2D eigenvalue weighted by atomic mass is 35.5. The number of aryl methyl sites for hydroxylation is 1. The summed E-state index contributed by atoms with van der Waals surface area (Å²) in [7, 11) is 0. The Labute approximate surface area is 192 Å². The van der Waals surface area contributed by atoms with E-state index in [0.29, 0.717) is 34.6 Å². The molecule has 1 aliphatic carbocycles. The van der Waals surface area contributed by atoms with Crippen LogP contribution < -0.4 is 0 Å². The van der Waals surface area contributed by atoms with E-state index >= 15 is 0 Å². The van der Waals surface area contributed by atoms with Gasteiger partial charge in [-0.1, -0.05) is 41.9 Å². The minimum absolute atomic E-state index is 0.0216. The lowest BCUT2D eigenvalue weighted by Gasteiger charge is -2.24. The topological polar surface area (TPSA) is 61.9 Å². The molecule has 0 saturated heterocycles. The molecule has 6 heteroatoms. The fourth-order valence-electron chi connectivity index (χ4n) is 4.13. The summed E-state index contributed by atoms with van der Waals surface area (Å²) in [6, 6.07) is 15.8. The summed E-state index contributed by atoms with van der Waals surface area (Å²) in [5.41, 5.74) is 4.34. The number of nitrogens with zero attached hydrogens (tertiary/aromatic N) is 3. The minimum atomic E-state index is -0.0216. The molecule has 5 nitrogen and oxygen atoms in total. The van der Waals surface area contributed by atoms with Crippen LogP contribution in [0.2, 0.25) is 5.02 Å². The molecule has 0 spiro atoms. The summed E-state index contributed by atoms with van der Waals surface area (Å²) in [5.74, 6) is 1.19. The molecule has 1 amide bonds. The lowest BCUT2D eigenvalue weighted by Crippen LogP contribution is -2.35.